The molecule has 6 nitrogen and oxygen atoms in total. The number of hydrogen-bond acceptors (Lipinski definition) is 5. The lowest BCUT2D eigenvalue weighted by molar-refractivity contribution is 0.862. The normalized spacial score (nSPS) is 12.2. The molecule has 6 heteroatoms. The van der Waals surface area contributed by atoms with Gasteiger partial charge in [0.15, 0.2) is 5.65 Å². The van der Waals surface area contributed by atoms with E-state index in [1.165, 1.54) is 5.56 Å². The van der Waals surface area contributed by atoms with Gasteiger partial charge in [0.25, 0.3) is 0 Å². The maximum Gasteiger partial charge on any atom is 0.225 e. The van der Waals surface area contributed by atoms with E-state index in [-0.39, 0.29) is 6.04 Å². The van der Waals surface area contributed by atoms with Gasteiger partial charge in [0.1, 0.15) is 11.8 Å². The Morgan fingerprint density at radius 3 is 2.67 bits per heavy atom. The molecule has 1 atom stereocenters. The Kier molecular flexibility index (Phi) is 3.63. The van der Waals surface area contributed by atoms with Gasteiger partial charge >= 0.3 is 0 Å². The Bertz CT molecular complexity index is 949. The van der Waals surface area contributed by atoms with Crippen molar-refractivity contribution in [2.75, 3.05) is 5.32 Å². The summed E-state index contributed by atoms with van der Waals surface area (Å²) in [4.78, 5) is 17.5. The third-order valence-corrected chi connectivity index (χ3v) is 3.86. The molecular weight excluding hydrogens is 300 g/mol. The van der Waals surface area contributed by atoms with E-state index in [1.807, 2.05) is 34.9 Å². The average Bonchev–Trinajstić information content (AvgIpc) is 3.06. The van der Waals surface area contributed by atoms with Crippen molar-refractivity contribution in [1.82, 2.24) is 24.5 Å². The first-order chi connectivity index (χ1) is 11.8. The number of nitrogens with zero attached hydrogens (tertiary/aromatic N) is 5. The number of pyridine rings is 1. The van der Waals surface area contributed by atoms with Crippen LogP contribution in [0, 0.1) is 0 Å². The van der Waals surface area contributed by atoms with E-state index < -0.39 is 0 Å². The lowest BCUT2D eigenvalue weighted by atomic mass is 10.1. The third-order valence-electron chi connectivity index (χ3n) is 3.86. The summed E-state index contributed by atoms with van der Waals surface area (Å²) in [7, 11) is 0. The number of rotatable bonds is 4. The highest BCUT2D eigenvalue weighted by atomic mass is 15.2. The van der Waals surface area contributed by atoms with Crippen molar-refractivity contribution in [2.24, 2.45) is 0 Å². The van der Waals surface area contributed by atoms with E-state index in [9.17, 15) is 0 Å². The molecule has 1 N–H and O–H groups in total. The summed E-state index contributed by atoms with van der Waals surface area (Å²) >= 11 is 0. The highest BCUT2D eigenvalue weighted by molar-refractivity contribution is 5.73. The van der Waals surface area contributed by atoms with Crippen molar-refractivity contribution >= 4 is 17.1 Å². The van der Waals surface area contributed by atoms with E-state index in [0.717, 1.165) is 16.9 Å². The first-order valence-corrected chi connectivity index (χ1v) is 7.73. The highest BCUT2D eigenvalue weighted by Gasteiger charge is 2.11. The summed E-state index contributed by atoms with van der Waals surface area (Å²) in [5.41, 5.74) is 3.60. The molecule has 1 aromatic carbocycles. The van der Waals surface area contributed by atoms with E-state index >= 15 is 0 Å². The Morgan fingerprint density at radius 2 is 1.88 bits per heavy atom. The van der Waals surface area contributed by atoms with Crippen LogP contribution in [0.3, 0.4) is 0 Å². The van der Waals surface area contributed by atoms with E-state index in [2.05, 4.69) is 44.3 Å². The fourth-order valence-corrected chi connectivity index (χ4v) is 2.58. The Labute approximate surface area is 139 Å². The van der Waals surface area contributed by atoms with E-state index in [0.29, 0.717) is 5.95 Å². The molecule has 0 saturated carbocycles. The second-order valence-corrected chi connectivity index (χ2v) is 5.50. The predicted molar refractivity (Wildman–Crippen MR) is 92.9 cm³/mol. The number of anilines is 1. The SMILES string of the molecule is CC(Nc1ncc2ncn(-c3cccnc3)c2n1)c1ccccc1. The number of aromatic nitrogens is 5. The maximum atomic E-state index is 4.63. The van der Waals surface area contributed by atoms with Crippen LogP contribution in [-0.2, 0) is 0 Å². The molecule has 0 bridgehead atoms. The number of benzene rings is 1. The summed E-state index contributed by atoms with van der Waals surface area (Å²) in [6.45, 7) is 2.08. The molecule has 0 aliphatic carbocycles. The molecule has 0 amide bonds. The molecule has 3 heterocycles. The van der Waals surface area contributed by atoms with Gasteiger partial charge in [-0.15, -0.1) is 0 Å². The van der Waals surface area contributed by atoms with Gasteiger partial charge in [-0.1, -0.05) is 30.3 Å². The highest BCUT2D eigenvalue weighted by Crippen LogP contribution is 2.19. The van der Waals surface area contributed by atoms with Crippen molar-refractivity contribution in [2.45, 2.75) is 13.0 Å². The minimum atomic E-state index is 0.110. The average molecular weight is 316 g/mol. The molecule has 0 radical (unpaired) electrons. The second kappa shape index (κ2) is 6.08. The number of imidazole rings is 1. The molecule has 4 rings (SSSR count). The van der Waals surface area contributed by atoms with Gasteiger partial charge in [-0.2, -0.15) is 4.98 Å². The minimum absolute atomic E-state index is 0.110. The first-order valence-electron chi connectivity index (χ1n) is 7.73. The van der Waals surface area contributed by atoms with Gasteiger partial charge in [-0.05, 0) is 24.6 Å². The van der Waals surface area contributed by atoms with Crippen LogP contribution in [0.4, 0.5) is 5.95 Å². The van der Waals surface area contributed by atoms with Crippen molar-refractivity contribution in [3.05, 3.63) is 72.9 Å². The quantitative estimate of drug-likeness (QED) is 0.625. The molecule has 24 heavy (non-hydrogen) atoms. The van der Waals surface area contributed by atoms with Crippen molar-refractivity contribution in [3.63, 3.8) is 0 Å². The molecule has 4 aromatic rings. The number of nitrogens with one attached hydrogen (secondary N) is 1. The van der Waals surface area contributed by atoms with Crippen LogP contribution in [0.1, 0.15) is 18.5 Å². The molecule has 118 valence electrons. The van der Waals surface area contributed by atoms with Crippen LogP contribution in [-0.4, -0.2) is 24.5 Å². The maximum absolute atomic E-state index is 4.63. The molecule has 3 aromatic heterocycles. The van der Waals surface area contributed by atoms with Crippen molar-refractivity contribution < 1.29 is 0 Å². The Balaban J connectivity index is 1.68. The van der Waals surface area contributed by atoms with E-state index in [1.54, 1.807) is 24.9 Å². The van der Waals surface area contributed by atoms with Gasteiger partial charge in [0.05, 0.1) is 24.1 Å². The van der Waals surface area contributed by atoms with Crippen LogP contribution in [0.15, 0.2) is 67.4 Å². The summed E-state index contributed by atoms with van der Waals surface area (Å²) in [6, 6.07) is 14.2. The topological polar surface area (TPSA) is 68.5 Å². The van der Waals surface area contributed by atoms with Crippen molar-refractivity contribution in [1.29, 1.82) is 0 Å². The van der Waals surface area contributed by atoms with Gasteiger partial charge in [0.2, 0.25) is 5.95 Å². The lowest BCUT2D eigenvalue weighted by Crippen LogP contribution is -2.09. The predicted octanol–water partition coefficient (Wildman–Crippen LogP) is 3.38. The zero-order valence-electron chi connectivity index (χ0n) is 13.2. The lowest BCUT2D eigenvalue weighted by Gasteiger charge is -2.14. The fourth-order valence-electron chi connectivity index (χ4n) is 2.58. The third kappa shape index (κ3) is 2.69. The van der Waals surface area contributed by atoms with Gasteiger partial charge in [-0.25, -0.2) is 9.97 Å². The fraction of sp³-hybridized carbons (Fsp3) is 0.111. The molecule has 0 saturated heterocycles. The molecule has 0 aliphatic heterocycles. The van der Waals surface area contributed by atoms with Crippen LogP contribution >= 0.6 is 0 Å². The molecule has 0 aliphatic rings. The molecule has 1 unspecified atom stereocenters. The summed E-state index contributed by atoms with van der Waals surface area (Å²) in [6.07, 6.45) is 6.99. The Hall–Kier alpha value is -3.28. The smallest absolute Gasteiger partial charge is 0.225 e. The van der Waals surface area contributed by atoms with Crippen LogP contribution in [0.25, 0.3) is 16.9 Å². The van der Waals surface area contributed by atoms with E-state index in [4.69, 9.17) is 0 Å². The zero-order chi connectivity index (χ0) is 16.4. The summed E-state index contributed by atoms with van der Waals surface area (Å²) in [5.74, 6) is 0.574. The molecule has 0 spiro atoms. The minimum Gasteiger partial charge on any atom is -0.348 e. The van der Waals surface area contributed by atoms with Crippen LogP contribution in [0.2, 0.25) is 0 Å². The first kappa shape index (κ1) is 14.3. The van der Waals surface area contributed by atoms with Gasteiger partial charge in [-0.3, -0.25) is 9.55 Å². The standard InChI is InChI=1S/C18H16N6/c1-13(14-6-3-2-4-7-14)22-18-20-11-16-17(23-18)24(12-21-16)15-8-5-9-19-10-15/h2-13H,1H3,(H,20,22,23). The van der Waals surface area contributed by atoms with Crippen molar-refractivity contribution in [3.8, 4) is 5.69 Å². The van der Waals surface area contributed by atoms with Gasteiger partial charge in [0, 0.05) is 6.20 Å². The number of fused-ring (bicyclic) bond motifs is 1. The van der Waals surface area contributed by atoms with Crippen LogP contribution in [0.5, 0.6) is 0 Å². The summed E-state index contributed by atoms with van der Waals surface area (Å²) in [5, 5.41) is 3.34. The Morgan fingerprint density at radius 1 is 1.00 bits per heavy atom. The summed E-state index contributed by atoms with van der Waals surface area (Å²) < 4.78 is 1.91. The molecule has 0 fully saturated rings. The largest absolute Gasteiger partial charge is 0.348 e. The molecular formula is C18H16N6. The van der Waals surface area contributed by atoms with Crippen LogP contribution < -0.4 is 5.32 Å². The second-order valence-electron chi connectivity index (χ2n) is 5.50. The zero-order valence-corrected chi connectivity index (χ0v) is 13.2. The van der Waals surface area contributed by atoms with Gasteiger partial charge < -0.3 is 5.32 Å². The number of hydrogen-bond donors (Lipinski definition) is 1. The monoisotopic (exact) mass is 316 g/mol.